The SMILES string of the molecule is CC(C)(C)OC(=O)n1cc(Br)cc1-c1cc(Cl)ccc1Cl. The predicted molar refractivity (Wildman–Crippen MR) is 89.2 cm³/mol. The molecule has 0 saturated carbocycles. The van der Waals surface area contributed by atoms with Gasteiger partial charge in [0.15, 0.2) is 0 Å². The summed E-state index contributed by atoms with van der Waals surface area (Å²) in [5.41, 5.74) is 0.702. The molecule has 0 aliphatic carbocycles. The Bertz CT molecular complexity index is 689. The number of rotatable bonds is 1. The number of carbonyl (C=O) groups excluding carboxylic acids is 1. The number of halogens is 3. The molecule has 0 fully saturated rings. The van der Waals surface area contributed by atoms with Crippen LogP contribution in [0.25, 0.3) is 11.3 Å². The van der Waals surface area contributed by atoms with E-state index in [1.165, 1.54) is 4.57 Å². The van der Waals surface area contributed by atoms with Gasteiger partial charge >= 0.3 is 6.09 Å². The van der Waals surface area contributed by atoms with Crippen molar-refractivity contribution in [3.63, 3.8) is 0 Å². The molecular weight excluding hydrogens is 377 g/mol. The lowest BCUT2D eigenvalue weighted by Gasteiger charge is -2.20. The van der Waals surface area contributed by atoms with Crippen LogP contribution in [0.3, 0.4) is 0 Å². The molecule has 2 rings (SSSR count). The third kappa shape index (κ3) is 4.02. The van der Waals surface area contributed by atoms with Crippen LogP contribution in [0.5, 0.6) is 0 Å². The molecule has 21 heavy (non-hydrogen) atoms. The molecule has 0 aliphatic rings. The Hall–Kier alpha value is -0.970. The molecule has 0 saturated heterocycles. The standard InChI is InChI=1S/C15H14BrCl2NO2/c1-15(2,3)21-14(20)19-8-9(16)6-13(19)11-7-10(17)4-5-12(11)18/h4-8H,1-3H3. The number of hydrogen-bond donors (Lipinski definition) is 0. The zero-order valence-corrected chi connectivity index (χ0v) is 14.9. The van der Waals surface area contributed by atoms with E-state index >= 15 is 0 Å². The Labute approximate surface area is 141 Å². The normalized spacial score (nSPS) is 11.5. The lowest BCUT2D eigenvalue weighted by molar-refractivity contribution is 0.0540. The van der Waals surface area contributed by atoms with Crippen molar-refractivity contribution < 1.29 is 9.53 Å². The van der Waals surface area contributed by atoms with Crippen LogP contribution in [0.1, 0.15) is 20.8 Å². The Balaban J connectivity index is 2.51. The quantitative estimate of drug-likeness (QED) is 0.597. The first-order valence-electron chi connectivity index (χ1n) is 6.24. The van der Waals surface area contributed by atoms with Crippen molar-refractivity contribution in [2.75, 3.05) is 0 Å². The molecule has 1 aromatic heterocycles. The fourth-order valence-corrected chi connectivity index (χ4v) is 2.60. The highest BCUT2D eigenvalue weighted by molar-refractivity contribution is 9.10. The van der Waals surface area contributed by atoms with Crippen LogP contribution < -0.4 is 0 Å². The van der Waals surface area contributed by atoms with Gasteiger partial charge in [-0.2, -0.15) is 0 Å². The van der Waals surface area contributed by atoms with Gasteiger partial charge in [0.05, 0.1) is 10.7 Å². The zero-order valence-electron chi connectivity index (χ0n) is 11.8. The molecule has 0 spiro atoms. The number of nitrogens with zero attached hydrogens (tertiary/aromatic N) is 1. The fraction of sp³-hybridized carbons (Fsp3) is 0.267. The van der Waals surface area contributed by atoms with Gasteiger partial charge in [0.2, 0.25) is 0 Å². The fourth-order valence-electron chi connectivity index (χ4n) is 1.79. The lowest BCUT2D eigenvalue weighted by atomic mass is 10.1. The van der Waals surface area contributed by atoms with Crippen molar-refractivity contribution in [1.29, 1.82) is 0 Å². The minimum Gasteiger partial charge on any atom is -0.443 e. The van der Waals surface area contributed by atoms with E-state index in [1.54, 1.807) is 30.5 Å². The molecular formula is C15H14BrCl2NO2. The third-order valence-corrected chi connectivity index (χ3v) is 3.58. The molecule has 0 amide bonds. The maximum Gasteiger partial charge on any atom is 0.419 e. The van der Waals surface area contributed by atoms with Crippen LogP contribution >= 0.6 is 39.1 Å². The summed E-state index contributed by atoms with van der Waals surface area (Å²) in [6.07, 6.45) is 1.17. The highest BCUT2D eigenvalue weighted by Gasteiger charge is 2.21. The summed E-state index contributed by atoms with van der Waals surface area (Å²) in [4.78, 5) is 12.3. The van der Waals surface area contributed by atoms with E-state index in [0.717, 1.165) is 4.47 Å². The van der Waals surface area contributed by atoms with Crippen molar-refractivity contribution in [2.24, 2.45) is 0 Å². The maximum absolute atomic E-state index is 12.3. The number of ether oxygens (including phenoxy) is 1. The van der Waals surface area contributed by atoms with Crippen LogP contribution in [0.2, 0.25) is 10.0 Å². The molecule has 0 unspecified atom stereocenters. The van der Waals surface area contributed by atoms with E-state index in [9.17, 15) is 4.79 Å². The summed E-state index contributed by atoms with van der Waals surface area (Å²) in [5, 5.41) is 1.05. The summed E-state index contributed by atoms with van der Waals surface area (Å²) in [6, 6.07) is 6.90. The summed E-state index contributed by atoms with van der Waals surface area (Å²) in [7, 11) is 0. The highest BCUT2D eigenvalue weighted by Crippen LogP contribution is 2.33. The monoisotopic (exact) mass is 389 g/mol. The van der Waals surface area contributed by atoms with E-state index in [0.29, 0.717) is 21.3 Å². The van der Waals surface area contributed by atoms with E-state index in [4.69, 9.17) is 27.9 Å². The van der Waals surface area contributed by atoms with E-state index in [2.05, 4.69) is 15.9 Å². The number of benzene rings is 1. The topological polar surface area (TPSA) is 31.2 Å². The van der Waals surface area contributed by atoms with Gasteiger partial charge in [0.1, 0.15) is 5.60 Å². The number of aromatic nitrogens is 1. The smallest absolute Gasteiger partial charge is 0.419 e. The summed E-state index contributed by atoms with van der Waals surface area (Å²) >= 11 is 15.6. The Morgan fingerprint density at radius 3 is 2.52 bits per heavy atom. The largest absolute Gasteiger partial charge is 0.443 e. The van der Waals surface area contributed by atoms with Gasteiger partial charge in [0, 0.05) is 21.3 Å². The summed E-state index contributed by atoms with van der Waals surface area (Å²) in [5.74, 6) is 0. The maximum atomic E-state index is 12.3. The van der Waals surface area contributed by atoms with Gasteiger partial charge in [-0.25, -0.2) is 4.79 Å². The second-order valence-electron chi connectivity index (χ2n) is 5.52. The number of carbonyl (C=O) groups is 1. The molecule has 6 heteroatoms. The second kappa shape index (κ2) is 6.03. The van der Waals surface area contributed by atoms with Crippen LogP contribution in [0, 0.1) is 0 Å². The molecule has 0 aliphatic heterocycles. The van der Waals surface area contributed by atoms with Crippen LogP contribution in [0.4, 0.5) is 4.79 Å². The van der Waals surface area contributed by atoms with Gasteiger partial charge in [-0.3, -0.25) is 4.57 Å². The van der Waals surface area contributed by atoms with Gasteiger partial charge in [-0.05, 0) is 61.0 Å². The van der Waals surface area contributed by atoms with Gasteiger partial charge < -0.3 is 4.74 Å². The molecule has 1 heterocycles. The zero-order chi connectivity index (χ0) is 15.8. The molecule has 0 N–H and O–H groups in total. The Morgan fingerprint density at radius 1 is 1.24 bits per heavy atom. The molecule has 0 radical (unpaired) electrons. The molecule has 2 aromatic rings. The Morgan fingerprint density at radius 2 is 1.90 bits per heavy atom. The van der Waals surface area contributed by atoms with Crippen molar-refractivity contribution in [3.05, 3.63) is 45.0 Å². The van der Waals surface area contributed by atoms with Crippen molar-refractivity contribution in [1.82, 2.24) is 4.57 Å². The molecule has 1 aromatic carbocycles. The first kappa shape index (κ1) is 16.4. The molecule has 112 valence electrons. The van der Waals surface area contributed by atoms with E-state index < -0.39 is 11.7 Å². The minimum atomic E-state index is -0.580. The molecule has 0 bridgehead atoms. The summed E-state index contributed by atoms with van der Waals surface area (Å²) in [6.45, 7) is 5.44. The van der Waals surface area contributed by atoms with Crippen LogP contribution in [-0.2, 0) is 4.74 Å². The van der Waals surface area contributed by atoms with Crippen LogP contribution in [0.15, 0.2) is 34.9 Å². The van der Waals surface area contributed by atoms with E-state index in [1.807, 2.05) is 20.8 Å². The van der Waals surface area contributed by atoms with Crippen molar-refractivity contribution in [2.45, 2.75) is 26.4 Å². The van der Waals surface area contributed by atoms with E-state index in [-0.39, 0.29) is 0 Å². The van der Waals surface area contributed by atoms with Crippen molar-refractivity contribution in [3.8, 4) is 11.3 Å². The lowest BCUT2D eigenvalue weighted by Crippen LogP contribution is -2.27. The predicted octanol–water partition coefficient (Wildman–Crippen LogP) is 6.01. The van der Waals surface area contributed by atoms with Gasteiger partial charge in [-0.1, -0.05) is 23.2 Å². The first-order valence-corrected chi connectivity index (χ1v) is 7.79. The molecule has 0 atom stereocenters. The summed E-state index contributed by atoms with van der Waals surface area (Å²) < 4.78 is 7.56. The first-order chi connectivity index (χ1) is 9.67. The van der Waals surface area contributed by atoms with Gasteiger partial charge in [-0.15, -0.1) is 0 Å². The van der Waals surface area contributed by atoms with Gasteiger partial charge in [0.25, 0.3) is 0 Å². The Kier molecular flexibility index (Phi) is 4.71. The third-order valence-electron chi connectivity index (χ3n) is 2.58. The van der Waals surface area contributed by atoms with Crippen molar-refractivity contribution >= 4 is 45.2 Å². The second-order valence-corrected chi connectivity index (χ2v) is 7.28. The average Bonchev–Trinajstić information content (AvgIpc) is 2.72. The number of hydrogen-bond acceptors (Lipinski definition) is 2. The average molecular weight is 391 g/mol. The van der Waals surface area contributed by atoms with Crippen LogP contribution in [-0.4, -0.2) is 16.3 Å². The minimum absolute atomic E-state index is 0.473. The highest BCUT2D eigenvalue weighted by atomic mass is 79.9. The molecule has 3 nitrogen and oxygen atoms in total.